The van der Waals surface area contributed by atoms with E-state index in [0.717, 1.165) is 19.3 Å². The van der Waals surface area contributed by atoms with Crippen LogP contribution in [0.4, 0.5) is 0 Å². The number of carboxylic acid groups (broad SMARTS) is 1. The highest BCUT2D eigenvalue weighted by Crippen LogP contribution is 2.32. The molecule has 0 aliphatic heterocycles. The normalized spacial score (nSPS) is 18.9. The first-order valence-electron chi connectivity index (χ1n) is 11.8. The largest absolute Gasteiger partial charge is 0.478 e. The zero-order valence-electron chi connectivity index (χ0n) is 20.8. The summed E-state index contributed by atoms with van der Waals surface area (Å²) < 4.78 is 0. The van der Waals surface area contributed by atoms with Gasteiger partial charge in [-0.2, -0.15) is 0 Å². The molecule has 2 N–H and O–H groups in total. The van der Waals surface area contributed by atoms with Crippen LogP contribution in [0.3, 0.4) is 0 Å². The molecule has 1 fully saturated rings. The lowest BCUT2D eigenvalue weighted by molar-refractivity contribution is -0.141. The third-order valence-corrected chi connectivity index (χ3v) is 6.63. The first-order chi connectivity index (χ1) is 14.3. The van der Waals surface area contributed by atoms with Crippen molar-refractivity contribution in [1.82, 2.24) is 10.2 Å². The number of rotatable bonds is 9. The second-order valence-corrected chi connectivity index (χ2v) is 10.6. The highest BCUT2D eigenvalue weighted by molar-refractivity contribution is 5.90. The Hall–Kier alpha value is -1.85. The molecule has 178 valence electrons. The van der Waals surface area contributed by atoms with Gasteiger partial charge in [0.15, 0.2) is 0 Å². The molecule has 1 saturated carbocycles. The maximum absolute atomic E-state index is 13.5. The van der Waals surface area contributed by atoms with Gasteiger partial charge < -0.3 is 15.3 Å². The molecule has 31 heavy (non-hydrogen) atoms. The fourth-order valence-corrected chi connectivity index (χ4v) is 4.60. The summed E-state index contributed by atoms with van der Waals surface area (Å²) in [6.45, 7) is 13.4. The number of carbonyl (C=O) groups is 3. The number of likely N-dealkylation sites (N-methyl/N-ethyl adjacent to an activating group) is 1. The quantitative estimate of drug-likeness (QED) is 0.516. The van der Waals surface area contributed by atoms with E-state index in [9.17, 15) is 19.5 Å². The number of hydrogen-bond donors (Lipinski definition) is 2. The lowest BCUT2D eigenvalue weighted by Crippen LogP contribution is -2.57. The molecule has 6 heteroatoms. The fraction of sp³-hybridized carbons (Fsp3) is 0.800. The maximum atomic E-state index is 13.5. The molecule has 0 bridgehead atoms. The Kier molecular flexibility index (Phi) is 10.2. The summed E-state index contributed by atoms with van der Waals surface area (Å²) in [7, 11) is 1.70. The summed E-state index contributed by atoms with van der Waals surface area (Å²) in [4.78, 5) is 39.7. The Bertz CT molecular complexity index is 657. The highest BCUT2D eigenvalue weighted by Gasteiger charge is 2.39. The number of aliphatic carboxylic acids is 1. The van der Waals surface area contributed by atoms with Gasteiger partial charge in [-0.1, -0.05) is 66.9 Å². The minimum atomic E-state index is -0.995. The average Bonchev–Trinajstić information content (AvgIpc) is 2.69. The molecule has 1 aliphatic rings. The number of carboxylic acids is 1. The van der Waals surface area contributed by atoms with Crippen molar-refractivity contribution in [3.05, 3.63) is 11.6 Å². The third-order valence-electron chi connectivity index (χ3n) is 6.63. The van der Waals surface area contributed by atoms with Crippen molar-refractivity contribution in [1.29, 1.82) is 0 Å². The smallest absolute Gasteiger partial charge is 0.331 e. The standard InChI is InChI=1S/C25H44N2O4/c1-9-19(18-13-11-10-12-14-18)22(28)26-21(25(5,6)7)23(29)27(8)20(16(2)3)15-17(4)24(30)31/h15-16,18-21H,9-14H2,1-8H3,(H,26,28)(H,30,31)/b17-15+/t19-,20+,21+/m0/s1. The van der Waals surface area contributed by atoms with E-state index in [4.69, 9.17) is 0 Å². The van der Waals surface area contributed by atoms with E-state index < -0.39 is 17.4 Å². The molecule has 0 spiro atoms. The molecule has 0 unspecified atom stereocenters. The van der Waals surface area contributed by atoms with Crippen LogP contribution in [-0.2, 0) is 14.4 Å². The first kappa shape index (κ1) is 27.2. The van der Waals surface area contributed by atoms with Crippen LogP contribution in [0.15, 0.2) is 11.6 Å². The van der Waals surface area contributed by atoms with Gasteiger partial charge in [0.25, 0.3) is 0 Å². The van der Waals surface area contributed by atoms with Crippen LogP contribution >= 0.6 is 0 Å². The summed E-state index contributed by atoms with van der Waals surface area (Å²) in [6, 6.07) is -1.05. The molecular formula is C25H44N2O4. The second kappa shape index (κ2) is 11.7. The topological polar surface area (TPSA) is 86.7 Å². The Morgan fingerprint density at radius 2 is 1.68 bits per heavy atom. The van der Waals surface area contributed by atoms with E-state index in [0.29, 0.717) is 5.92 Å². The number of nitrogens with one attached hydrogen (secondary N) is 1. The van der Waals surface area contributed by atoms with Gasteiger partial charge in [0.2, 0.25) is 11.8 Å². The molecule has 1 rings (SSSR count). The molecule has 0 aromatic rings. The zero-order valence-corrected chi connectivity index (χ0v) is 20.8. The second-order valence-electron chi connectivity index (χ2n) is 10.6. The van der Waals surface area contributed by atoms with Crippen molar-refractivity contribution in [2.45, 2.75) is 99.1 Å². The number of nitrogens with zero attached hydrogens (tertiary/aromatic N) is 1. The van der Waals surface area contributed by atoms with E-state index in [1.807, 2.05) is 41.5 Å². The minimum absolute atomic E-state index is 0.0326. The lowest BCUT2D eigenvalue weighted by Gasteiger charge is -2.38. The van der Waals surface area contributed by atoms with E-state index in [-0.39, 0.29) is 35.3 Å². The van der Waals surface area contributed by atoms with Crippen molar-refractivity contribution >= 4 is 17.8 Å². The Morgan fingerprint density at radius 3 is 2.10 bits per heavy atom. The van der Waals surface area contributed by atoms with E-state index in [2.05, 4.69) is 5.32 Å². The highest BCUT2D eigenvalue weighted by atomic mass is 16.4. The van der Waals surface area contributed by atoms with Crippen molar-refractivity contribution < 1.29 is 19.5 Å². The first-order valence-corrected chi connectivity index (χ1v) is 11.8. The van der Waals surface area contributed by atoms with E-state index >= 15 is 0 Å². The van der Waals surface area contributed by atoms with Gasteiger partial charge in [-0.05, 0) is 43.4 Å². The van der Waals surface area contributed by atoms with Crippen molar-refractivity contribution in [3.63, 3.8) is 0 Å². The van der Waals surface area contributed by atoms with Gasteiger partial charge in [-0.25, -0.2) is 4.79 Å². The molecule has 6 nitrogen and oxygen atoms in total. The molecule has 0 heterocycles. The minimum Gasteiger partial charge on any atom is -0.478 e. The number of carbonyl (C=O) groups excluding carboxylic acids is 2. The predicted octanol–water partition coefficient (Wildman–Crippen LogP) is 4.64. The van der Waals surface area contributed by atoms with Gasteiger partial charge in [-0.15, -0.1) is 0 Å². The number of amides is 2. The van der Waals surface area contributed by atoms with Gasteiger partial charge >= 0.3 is 5.97 Å². The number of hydrogen-bond acceptors (Lipinski definition) is 3. The van der Waals surface area contributed by atoms with Crippen LogP contribution in [0, 0.1) is 23.2 Å². The monoisotopic (exact) mass is 436 g/mol. The summed E-state index contributed by atoms with van der Waals surface area (Å²) >= 11 is 0. The van der Waals surface area contributed by atoms with Crippen molar-refractivity contribution in [2.24, 2.45) is 23.2 Å². The lowest BCUT2D eigenvalue weighted by atomic mass is 9.77. The van der Waals surface area contributed by atoms with Gasteiger partial charge in [0, 0.05) is 18.5 Å². The molecule has 0 aromatic heterocycles. The Balaban J connectivity index is 3.11. The van der Waals surface area contributed by atoms with Gasteiger partial charge in [0.1, 0.15) is 6.04 Å². The van der Waals surface area contributed by atoms with Crippen molar-refractivity contribution in [3.8, 4) is 0 Å². The maximum Gasteiger partial charge on any atom is 0.331 e. The molecule has 2 amide bonds. The van der Waals surface area contributed by atoms with E-state index in [1.54, 1.807) is 18.0 Å². The molecule has 3 atom stereocenters. The molecular weight excluding hydrogens is 392 g/mol. The summed E-state index contributed by atoms with van der Waals surface area (Å²) in [5.74, 6) is -0.868. The van der Waals surface area contributed by atoms with Crippen LogP contribution in [0.25, 0.3) is 0 Å². The van der Waals surface area contributed by atoms with Gasteiger partial charge in [-0.3, -0.25) is 9.59 Å². The fourth-order valence-electron chi connectivity index (χ4n) is 4.60. The summed E-state index contributed by atoms with van der Waals surface area (Å²) in [6.07, 6.45) is 8.13. The average molecular weight is 437 g/mol. The zero-order chi connectivity index (χ0) is 23.9. The van der Waals surface area contributed by atoms with Gasteiger partial charge in [0.05, 0.1) is 6.04 Å². The SMILES string of the molecule is CC[C@H](C(=O)N[C@H](C(=O)N(C)[C@H](/C=C(\C)C(=O)O)C(C)C)C(C)(C)C)C1CCCCC1. The summed E-state index contributed by atoms with van der Waals surface area (Å²) in [5.41, 5.74) is -0.267. The Morgan fingerprint density at radius 1 is 1.13 bits per heavy atom. The van der Waals surface area contributed by atoms with Crippen LogP contribution < -0.4 is 5.32 Å². The molecule has 0 saturated heterocycles. The van der Waals surface area contributed by atoms with Crippen molar-refractivity contribution in [2.75, 3.05) is 7.05 Å². The molecule has 0 radical (unpaired) electrons. The Labute approximate surface area is 188 Å². The summed E-state index contributed by atoms with van der Waals surface area (Å²) in [5, 5.41) is 12.4. The molecule has 1 aliphatic carbocycles. The molecule has 0 aromatic carbocycles. The van der Waals surface area contributed by atoms with Crippen LogP contribution in [0.5, 0.6) is 0 Å². The predicted molar refractivity (Wildman–Crippen MR) is 125 cm³/mol. The third kappa shape index (κ3) is 7.65. The van der Waals surface area contributed by atoms with Crippen LogP contribution in [-0.4, -0.2) is 46.9 Å². The van der Waals surface area contributed by atoms with Crippen LogP contribution in [0.2, 0.25) is 0 Å². The van der Waals surface area contributed by atoms with E-state index in [1.165, 1.54) is 26.2 Å². The van der Waals surface area contributed by atoms with Crippen LogP contribution in [0.1, 0.15) is 87.0 Å².